The molecule has 1 saturated heterocycles. The van der Waals surface area contributed by atoms with Gasteiger partial charge in [0.1, 0.15) is 11.5 Å². The van der Waals surface area contributed by atoms with Gasteiger partial charge in [-0.25, -0.2) is 0 Å². The first-order valence-corrected chi connectivity index (χ1v) is 9.91. The van der Waals surface area contributed by atoms with Gasteiger partial charge in [-0.2, -0.15) is 0 Å². The molecule has 0 radical (unpaired) electrons. The Balaban J connectivity index is 1.48. The lowest BCUT2D eigenvalue weighted by atomic mass is 9.82. The van der Waals surface area contributed by atoms with E-state index in [2.05, 4.69) is 24.0 Å². The molecule has 0 bridgehead atoms. The number of rotatable bonds is 1. The van der Waals surface area contributed by atoms with Crippen LogP contribution in [0.3, 0.4) is 0 Å². The second kappa shape index (κ2) is 7.73. The molecule has 1 unspecified atom stereocenters. The Hall–Kier alpha value is -2.70. The molecule has 1 aromatic carbocycles. The number of likely N-dealkylation sites (tertiary alicyclic amines) is 1. The van der Waals surface area contributed by atoms with Gasteiger partial charge in [0, 0.05) is 29.2 Å². The molecule has 1 aliphatic carbocycles. The van der Waals surface area contributed by atoms with Crippen LogP contribution in [0.25, 0.3) is 0 Å². The summed E-state index contributed by atoms with van der Waals surface area (Å²) in [4.78, 5) is 14.8. The van der Waals surface area contributed by atoms with Crippen molar-refractivity contribution in [3.63, 3.8) is 0 Å². The summed E-state index contributed by atoms with van der Waals surface area (Å²) in [5, 5.41) is 0.701. The summed E-state index contributed by atoms with van der Waals surface area (Å²) >= 11 is 6.02. The number of nitrogens with zero attached hydrogens (tertiary/aromatic N) is 1. The van der Waals surface area contributed by atoms with Crippen molar-refractivity contribution in [1.29, 1.82) is 0 Å². The fourth-order valence-electron chi connectivity index (χ4n) is 3.89. The summed E-state index contributed by atoms with van der Waals surface area (Å²) in [5.41, 5.74) is 4.05. The highest BCUT2D eigenvalue weighted by atomic mass is 35.5. The van der Waals surface area contributed by atoms with Gasteiger partial charge in [-0.1, -0.05) is 41.7 Å². The molecule has 4 heteroatoms. The lowest BCUT2D eigenvalue weighted by Crippen LogP contribution is -2.40. The third-order valence-electron chi connectivity index (χ3n) is 5.36. The van der Waals surface area contributed by atoms with E-state index >= 15 is 0 Å². The van der Waals surface area contributed by atoms with E-state index in [0.29, 0.717) is 28.8 Å². The van der Waals surface area contributed by atoms with Crippen molar-refractivity contribution in [3.8, 4) is 11.8 Å². The molecule has 0 spiro atoms. The van der Waals surface area contributed by atoms with Gasteiger partial charge in [0.25, 0.3) is 5.91 Å². The number of halogens is 1. The molecule has 2 heterocycles. The van der Waals surface area contributed by atoms with Crippen LogP contribution in [0.1, 0.15) is 40.3 Å². The molecular formula is C24H22ClNO2. The lowest BCUT2D eigenvalue weighted by Gasteiger charge is -2.35. The first kappa shape index (κ1) is 18.7. The Morgan fingerprint density at radius 2 is 2.07 bits per heavy atom. The molecule has 2 aliphatic rings. The highest BCUT2D eigenvalue weighted by Gasteiger charge is 2.30. The molecule has 3 nitrogen and oxygen atoms in total. The van der Waals surface area contributed by atoms with Crippen LogP contribution >= 0.6 is 11.6 Å². The van der Waals surface area contributed by atoms with Crippen LogP contribution < -0.4 is 0 Å². The van der Waals surface area contributed by atoms with Gasteiger partial charge in [0.2, 0.25) is 0 Å². The second-order valence-electron chi connectivity index (χ2n) is 7.44. The number of amides is 1. The molecule has 28 heavy (non-hydrogen) atoms. The van der Waals surface area contributed by atoms with Crippen molar-refractivity contribution in [3.05, 3.63) is 81.3 Å². The van der Waals surface area contributed by atoms with Crippen LogP contribution in [0, 0.1) is 31.6 Å². The number of allylic oxidation sites excluding steroid dienone is 3. The van der Waals surface area contributed by atoms with E-state index in [-0.39, 0.29) is 5.91 Å². The zero-order valence-electron chi connectivity index (χ0n) is 16.1. The maximum atomic E-state index is 12.8. The average Bonchev–Trinajstić information content (AvgIpc) is 3.03. The van der Waals surface area contributed by atoms with Crippen LogP contribution in [0.15, 0.2) is 58.0 Å². The van der Waals surface area contributed by atoms with Crippen molar-refractivity contribution < 1.29 is 9.21 Å². The number of piperidine rings is 1. The first-order valence-electron chi connectivity index (χ1n) is 9.53. The Labute approximate surface area is 170 Å². The van der Waals surface area contributed by atoms with E-state index in [1.165, 1.54) is 5.57 Å². The van der Waals surface area contributed by atoms with Gasteiger partial charge in [-0.15, -0.1) is 0 Å². The average molecular weight is 392 g/mol. The van der Waals surface area contributed by atoms with Gasteiger partial charge in [-0.3, -0.25) is 4.79 Å². The molecule has 1 aliphatic heterocycles. The van der Waals surface area contributed by atoms with Gasteiger partial charge in [-0.05, 0) is 62.4 Å². The van der Waals surface area contributed by atoms with Crippen LogP contribution in [0.4, 0.5) is 0 Å². The zero-order chi connectivity index (χ0) is 19.7. The first-order chi connectivity index (χ1) is 13.5. The number of hydrogen-bond donors (Lipinski definition) is 0. The molecule has 142 valence electrons. The fraction of sp³-hybridized carbons (Fsp3) is 0.292. The number of carbonyl (C=O) groups is 1. The Bertz CT molecular complexity index is 1050. The van der Waals surface area contributed by atoms with Crippen LogP contribution in [0.5, 0.6) is 0 Å². The third kappa shape index (κ3) is 3.93. The van der Waals surface area contributed by atoms with Crippen LogP contribution in [0.2, 0.25) is 5.02 Å². The van der Waals surface area contributed by atoms with Gasteiger partial charge >= 0.3 is 0 Å². The standard InChI is InChI=1S/C24H22ClNO2/c1-16-12-23(17(2)28-16)24(27)26-11-10-20-13-19(8-9-21(20)15-26)7-6-18-4-3-5-22(25)14-18/h3-5,8-9,12,14,20H,10-11,13,15H2,1-2H3. The fourth-order valence-corrected chi connectivity index (χ4v) is 4.08. The summed E-state index contributed by atoms with van der Waals surface area (Å²) in [7, 11) is 0. The molecular weight excluding hydrogens is 370 g/mol. The van der Waals surface area contributed by atoms with E-state index in [1.54, 1.807) is 0 Å². The van der Waals surface area contributed by atoms with Gasteiger partial charge in [0.05, 0.1) is 5.56 Å². The number of fused-ring (bicyclic) bond motifs is 1. The highest BCUT2D eigenvalue weighted by Crippen LogP contribution is 2.33. The third-order valence-corrected chi connectivity index (χ3v) is 5.60. The van der Waals surface area contributed by atoms with E-state index in [0.717, 1.165) is 36.3 Å². The molecule has 1 amide bonds. The van der Waals surface area contributed by atoms with Crippen molar-refractivity contribution in [2.75, 3.05) is 13.1 Å². The maximum Gasteiger partial charge on any atom is 0.257 e. The number of aryl methyl sites for hydroxylation is 2. The van der Waals surface area contributed by atoms with Crippen molar-refractivity contribution in [2.45, 2.75) is 26.7 Å². The van der Waals surface area contributed by atoms with Crippen molar-refractivity contribution >= 4 is 17.5 Å². The van der Waals surface area contributed by atoms with Gasteiger partial charge < -0.3 is 9.32 Å². The Morgan fingerprint density at radius 1 is 1.21 bits per heavy atom. The molecule has 1 fully saturated rings. The predicted octanol–water partition coefficient (Wildman–Crippen LogP) is 5.32. The van der Waals surface area contributed by atoms with Crippen molar-refractivity contribution in [1.82, 2.24) is 4.90 Å². The highest BCUT2D eigenvalue weighted by molar-refractivity contribution is 6.30. The SMILES string of the molecule is Cc1cc(C(=O)N2CCC3CC(C#Cc4cccc(Cl)c4)=CC=C3C2)c(C)o1. The summed E-state index contributed by atoms with van der Waals surface area (Å²) < 4.78 is 5.52. The molecule has 2 aromatic rings. The van der Waals surface area contributed by atoms with Crippen LogP contribution in [-0.4, -0.2) is 23.9 Å². The van der Waals surface area contributed by atoms with E-state index in [4.69, 9.17) is 16.0 Å². The summed E-state index contributed by atoms with van der Waals surface area (Å²) in [6.45, 7) is 5.16. The summed E-state index contributed by atoms with van der Waals surface area (Å²) in [6.07, 6.45) is 6.13. The summed E-state index contributed by atoms with van der Waals surface area (Å²) in [5.74, 6) is 8.48. The monoisotopic (exact) mass is 391 g/mol. The van der Waals surface area contributed by atoms with Crippen LogP contribution in [-0.2, 0) is 0 Å². The maximum absolute atomic E-state index is 12.8. The second-order valence-corrected chi connectivity index (χ2v) is 7.87. The topological polar surface area (TPSA) is 33.5 Å². The molecule has 0 N–H and O–H groups in total. The normalized spacial score (nSPS) is 18.5. The lowest BCUT2D eigenvalue weighted by molar-refractivity contribution is 0.0733. The largest absolute Gasteiger partial charge is 0.466 e. The van der Waals surface area contributed by atoms with E-state index in [9.17, 15) is 4.79 Å². The molecule has 0 saturated carbocycles. The number of furan rings is 1. The van der Waals surface area contributed by atoms with E-state index in [1.807, 2.05) is 49.1 Å². The number of hydrogen-bond acceptors (Lipinski definition) is 2. The molecule has 1 atom stereocenters. The minimum Gasteiger partial charge on any atom is -0.466 e. The number of carbonyl (C=O) groups excluding carboxylic acids is 1. The molecule has 1 aromatic heterocycles. The minimum absolute atomic E-state index is 0.0595. The smallest absolute Gasteiger partial charge is 0.257 e. The summed E-state index contributed by atoms with van der Waals surface area (Å²) in [6, 6.07) is 9.44. The van der Waals surface area contributed by atoms with E-state index < -0.39 is 0 Å². The van der Waals surface area contributed by atoms with Crippen molar-refractivity contribution in [2.24, 2.45) is 5.92 Å². The number of benzene rings is 1. The predicted molar refractivity (Wildman–Crippen MR) is 111 cm³/mol. The zero-order valence-corrected chi connectivity index (χ0v) is 16.8. The quantitative estimate of drug-likeness (QED) is 0.616. The minimum atomic E-state index is 0.0595. The van der Waals surface area contributed by atoms with Gasteiger partial charge in [0.15, 0.2) is 0 Å². The Morgan fingerprint density at radius 3 is 2.82 bits per heavy atom. The Kier molecular flexibility index (Phi) is 5.15. The molecule has 4 rings (SSSR count).